The lowest BCUT2D eigenvalue weighted by Crippen LogP contribution is -2.28. The predicted molar refractivity (Wildman–Crippen MR) is 72.3 cm³/mol. The average Bonchev–Trinajstić information content (AvgIpc) is 2.57. The van der Waals surface area contributed by atoms with Crippen molar-refractivity contribution >= 4 is 23.2 Å². The SMILES string of the molecule is CC1=NN(Cc2cccc(Cl)c2)C(=O)C1CCN. The lowest BCUT2D eigenvalue weighted by molar-refractivity contribution is -0.132. The summed E-state index contributed by atoms with van der Waals surface area (Å²) in [7, 11) is 0. The molecule has 0 spiro atoms. The number of halogens is 1. The Morgan fingerprint density at radius 3 is 2.94 bits per heavy atom. The molecule has 1 amide bonds. The molecule has 0 saturated carbocycles. The van der Waals surface area contributed by atoms with Crippen molar-refractivity contribution in [2.75, 3.05) is 6.54 Å². The van der Waals surface area contributed by atoms with Crippen molar-refractivity contribution in [2.45, 2.75) is 19.9 Å². The van der Waals surface area contributed by atoms with Gasteiger partial charge in [-0.2, -0.15) is 5.10 Å². The van der Waals surface area contributed by atoms with Gasteiger partial charge in [-0.1, -0.05) is 23.7 Å². The quantitative estimate of drug-likeness (QED) is 0.906. The number of hydrazone groups is 1. The highest BCUT2D eigenvalue weighted by Crippen LogP contribution is 2.21. The molecule has 96 valence electrons. The number of carbonyl (C=O) groups excluding carboxylic acids is 1. The maximum Gasteiger partial charge on any atom is 0.251 e. The summed E-state index contributed by atoms with van der Waals surface area (Å²) in [5.41, 5.74) is 7.32. The van der Waals surface area contributed by atoms with Crippen LogP contribution in [0.4, 0.5) is 0 Å². The fourth-order valence-electron chi connectivity index (χ4n) is 2.09. The van der Waals surface area contributed by atoms with Gasteiger partial charge in [-0.25, -0.2) is 5.01 Å². The van der Waals surface area contributed by atoms with Crippen LogP contribution in [0.2, 0.25) is 5.02 Å². The van der Waals surface area contributed by atoms with Gasteiger partial charge in [-0.15, -0.1) is 0 Å². The van der Waals surface area contributed by atoms with Crippen LogP contribution in [0.5, 0.6) is 0 Å². The number of hydrogen-bond donors (Lipinski definition) is 1. The van der Waals surface area contributed by atoms with Gasteiger partial charge in [0.05, 0.1) is 12.5 Å². The van der Waals surface area contributed by atoms with E-state index in [9.17, 15) is 4.79 Å². The molecule has 0 radical (unpaired) electrons. The molecular formula is C13H16ClN3O. The second-order valence-corrected chi connectivity index (χ2v) is 4.83. The molecule has 2 rings (SSSR count). The molecule has 0 aliphatic carbocycles. The molecule has 0 fully saturated rings. The Morgan fingerprint density at radius 2 is 2.28 bits per heavy atom. The first kappa shape index (κ1) is 13.1. The monoisotopic (exact) mass is 265 g/mol. The molecule has 2 N–H and O–H groups in total. The average molecular weight is 266 g/mol. The van der Waals surface area contributed by atoms with Crippen molar-refractivity contribution in [1.82, 2.24) is 5.01 Å². The minimum atomic E-state index is -0.158. The van der Waals surface area contributed by atoms with Gasteiger partial charge >= 0.3 is 0 Å². The van der Waals surface area contributed by atoms with E-state index < -0.39 is 0 Å². The normalized spacial score (nSPS) is 19.3. The molecule has 0 bridgehead atoms. The Hall–Kier alpha value is -1.39. The first-order valence-corrected chi connectivity index (χ1v) is 6.30. The van der Waals surface area contributed by atoms with Crippen molar-refractivity contribution in [1.29, 1.82) is 0 Å². The van der Waals surface area contributed by atoms with E-state index in [4.69, 9.17) is 17.3 Å². The third kappa shape index (κ3) is 2.71. The van der Waals surface area contributed by atoms with Crippen LogP contribution < -0.4 is 5.73 Å². The van der Waals surface area contributed by atoms with Gasteiger partial charge < -0.3 is 5.73 Å². The lowest BCUT2D eigenvalue weighted by atomic mass is 10.0. The van der Waals surface area contributed by atoms with Gasteiger partial charge in [0.2, 0.25) is 0 Å². The summed E-state index contributed by atoms with van der Waals surface area (Å²) in [6, 6.07) is 7.45. The maximum absolute atomic E-state index is 12.1. The molecule has 5 heteroatoms. The third-order valence-corrected chi connectivity index (χ3v) is 3.25. The van der Waals surface area contributed by atoms with Crippen LogP contribution in [0.25, 0.3) is 0 Å². The van der Waals surface area contributed by atoms with Crippen LogP contribution in [-0.2, 0) is 11.3 Å². The van der Waals surface area contributed by atoms with Crippen LogP contribution in [0.1, 0.15) is 18.9 Å². The summed E-state index contributed by atoms with van der Waals surface area (Å²) in [6.07, 6.45) is 0.653. The largest absolute Gasteiger partial charge is 0.330 e. The number of nitrogens with zero attached hydrogens (tertiary/aromatic N) is 2. The van der Waals surface area contributed by atoms with Crippen molar-refractivity contribution in [3.05, 3.63) is 34.9 Å². The summed E-state index contributed by atoms with van der Waals surface area (Å²) in [6.45, 7) is 2.82. The Bertz CT molecular complexity index is 487. The minimum Gasteiger partial charge on any atom is -0.330 e. The van der Waals surface area contributed by atoms with Gasteiger partial charge in [0.1, 0.15) is 0 Å². The van der Waals surface area contributed by atoms with Crippen LogP contribution in [0.3, 0.4) is 0 Å². The van der Waals surface area contributed by atoms with Crippen LogP contribution >= 0.6 is 11.6 Å². The van der Waals surface area contributed by atoms with Crippen LogP contribution in [-0.4, -0.2) is 23.2 Å². The van der Waals surface area contributed by atoms with E-state index in [1.165, 1.54) is 5.01 Å². The van der Waals surface area contributed by atoms with E-state index in [1.54, 1.807) is 0 Å². The van der Waals surface area contributed by atoms with Crippen molar-refractivity contribution < 1.29 is 4.79 Å². The lowest BCUT2D eigenvalue weighted by Gasteiger charge is -2.14. The smallest absolute Gasteiger partial charge is 0.251 e. The second-order valence-electron chi connectivity index (χ2n) is 4.40. The van der Waals surface area contributed by atoms with E-state index >= 15 is 0 Å². The Kier molecular flexibility index (Phi) is 3.99. The van der Waals surface area contributed by atoms with Crippen molar-refractivity contribution in [3.63, 3.8) is 0 Å². The predicted octanol–water partition coefficient (Wildman–Crippen LogP) is 2.02. The van der Waals surface area contributed by atoms with Crippen LogP contribution in [0.15, 0.2) is 29.4 Å². The Morgan fingerprint density at radius 1 is 1.50 bits per heavy atom. The molecule has 0 saturated heterocycles. The zero-order valence-corrected chi connectivity index (χ0v) is 11.0. The number of hydrogen-bond acceptors (Lipinski definition) is 3. The molecule has 1 aliphatic rings. The molecular weight excluding hydrogens is 250 g/mol. The van der Waals surface area contributed by atoms with E-state index in [1.807, 2.05) is 31.2 Å². The van der Waals surface area contributed by atoms with Gasteiger partial charge in [0.25, 0.3) is 5.91 Å². The molecule has 18 heavy (non-hydrogen) atoms. The fraction of sp³-hybridized carbons (Fsp3) is 0.385. The van der Waals surface area contributed by atoms with E-state index in [0.717, 1.165) is 11.3 Å². The standard InChI is InChI=1S/C13H16ClN3O/c1-9-12(5-6-15)13(18)17(16-9)8-10-3-2-4-11(14)7-10/h2-4,7,12H,5-6,8,15H2,1H3. The highest BCUT2D eigenvalue weighted by molar-refractivity contribution is 6.30. The van der Waals surface area contributed by atoms with Crippen LogP contribution in [0, 0.1) is 5.92 Å². The van der Waals surface area contributed by atoms with Gasteiger partial charge in [-0.3, -0.25) is 4.79 Å². The molecule has 0 aromatic heterocycles. The summed E-state index contributed by atoms with van der Waals surface area (Å²) in [5.74, 6) is -0.132. The molecule has 1 unspecified atom stereocenters. The number of amides is 1. The van der Waals surface area contributed by atoms with Gasteiger partial charge in [-0.05, 0) is 37.6 Å². The number of rotatable bonds is 4. The van der Waals surface area contributed by atoms with E-state index in [0.29, 0.717) is 24.5 Å². The summed E-state index contributed by atoms with van der Waals surface area (Å²) < 4.78 is 0. The summed E-state index contributed by atoms with van der Waals surface area (Å²) >= 11 is 5.92. The summed E-state index contributed by atoms with van der Waals surface area (Å²) in [5, 5.41) is 6.46. The number of nitrogens with two attached hydrogens (primary N) is 1. The van der Waals surface area contributed by atoms with Crippen molar-refractivity contribution in [3.8, 4) is 0 Å². The molecule has 1 aromatic carbocycles. The minimum absolute atomic E-state index is 0.0259. The Balaban J connectivity index is 2.10. The molecule has 1 heterocycles. The first-order valence-electron chi connectivity index (χ1n) is 5.93. The summed E-state index contributed by atoms with van der Waals surface area (Å²) in [4.78, 5) is 12.1. The second kappa shape index (κ2) is 5.50. The number of benzene rings is 1. The third-order valence-electron chi connectivity index (χ3n) is 3.01. The number of carbonyl (C=O) groups is 1. The van der Waals surface area contributed by atoms with E-state index in [-0.39, 0.29) is 11.8 Å². The first-order chi connectivity index (χ1) is 8.61. The fourth-order valence-corrected chi connectivity index (χ4v) is 2.30. The topological polar surface area (TPSA) is 58.7 Å². The molecule has 4 nitrogen and oxygen atoms in total. The zero-order chi connectivity index (χ0) is 13.1. The highest BCUT2D eigenvalue weighted by Gasteiger charge is 2.32. The van der Waals surface area contributed by atoms with E-state index in [2.05, 4.69) is 5.10 Å². The zero-order valence-electron chi connectivity index (χ0n) is 10.3. The Labute approximate surface area is 111 Å². The highest BCUT2D eigenvalue weighted by atomic mass is 35.5. The molecule has 1 atom stereocenters. The van der Waals surface area contributed by atoms with Crippen molar-refractivity contribution in [2.24, 2.45) is 16.8 Å². The maximum atomic E-state index is 12.1. The van der Waals surface area contributed by atoms with Gasteiger partial charge in [0, 0.05) is 10.7 Å². The molecule has 1 aliphatic heterocycles. The molecule has 1 aromatic rings. The van der Waals surface area contributed by atoms with Gasteiger partial charge in [0.15, 0.2) is 0 Å².